The van der Waals surface area contributed by atoms with Gasteiger partial charge in [-0.25, -0.2) is 0 Å². The van der Waals surface area contributed by atoms with Crippen molar-refractivity contribution in [2.75, 3.05) is 12.8 Å². The van der Waals surface area contributed by atoms with Gasteiger partial charge in [-0.2, -0.15) is 5.26 Å². The van der Waals surface area contributed by atoms with Gasteiger partial charge in [0, 0.05) is 17.6 Å². The van der Waals surface area contributed by atoms with Crippen molar-refractivity contribution in [3.05, 3.63) is 29.5 Å². The molecule has 0 saturated heterocycles. The molecule has 1 aromatic heterocycles. The SMILES string of the molecule is COc1cc(C#N)cc(OCc2nnsc2N)c1. The molecular weight excluding hydrogens is 252 g/mol. The van der Waals surface area contributed by atoms with E-state index in [2.05, 4.69) is 9.59 Å². The lowest BCUT2D eigenvalue weighted by atomic mass is 10.2. The van der Waals surface area contributed by atoms with Crippen molar-refractivity contribution in [1.82, 2.24) is 9.59 Å². The second-order valence-electron chi connectivity index (χ2n) is 3.38. The van der Waals surface area contributed by atoms with E-state index >= 15 is 0 Å². The summed E-state index contributed by atoms with van der Waals surface area (Å²) in [6, 6.07) is 6.98. The van der Waals surface area contributed by atoms with Gasteiger partial charge in [0.05, 0.1) is 18.7 Å². The fourth-order valence-electron chi connectivity index (χ4n) is 1.30. The quantitative estimate of drug-likeness (QED) is 0.899. The number of nitriles is 1. The minimum atomic E-state index is 0.209. The Morgan fingerprint density at radius 3 is 2.78 bits per heavy atom. The molecule has 2 aromatic rings. The number of hydrogen-bond acceptors (Lipinski definition) is 7. The number of nitrogens with zero attached hydrogens (tertiary/aromatic N) is 3. The Bertz CT molecular complexity index is 591. The smallest absolute Gasteiger partial charge is 0.136 e. The molecule has 1 aromatic carbocycles. The van der Waals surface area contributed by atoms with Crippen LogP contribution < -0.4 is 15.2 Å². The summed E-state index contributed by atoms with van der Waals surface area (Å²) in [5, 5.41) is 13.2. The molecule has 7 heteroatoms. The molecule has 2 rings (SSSR count). The summed E-state index contributed by atoms with van der Waals surface area (Å²) in [5.41, 5.74) is 6.70. The highest BCUT2D eigenvalue weighted by molar-refractivity contribution is 7.09. The fourth-order valence-corrected chi connectivity index (χ4v) is 1.74. The lowest BCUT2D eigenvalue weighted by molar-refractivity contribution is 0.299. The Morgan fingerprint density at radius 2 is 2.17 bits per heavy atom. The van der Waals surface area contributed by atoms with E-state index in [1.165, 1.54) is 7.11 Å². The highest BCUT2D eigenvalue weighted by Crippen LogP contribution is 2.24. The molecule has 0 spiro atoms. The maximum Gasteiger partial charge on any atom is 0.136 e. The first kappa shape index (κ1) is 12.1. The summed E-state index contributed by atoms with van der Waals surface area (Å²) in [7, 11) is 1.53. The summed E-state index contributed by atoms with van der Waals surface area (Å²) in [6.07, 6.45) is 0. The van der Waals surface area contributed by atoms with Crippen LogP contribution in [0.4, 0.5) is 5.00 Å². The lowest BCUT2D eigenvalue weighted by Gasteiger charge is -2.07. The maximum absolute atomic E-state index is 8.88. The first-order valence-electron chi connectivity index (χ1n) is 5.01. The Balaban J connectivity index is 2.14. The van der Waals surface area contributed by atoms with Crippen molar-refractivity contribution in [2.45, 2.75) is 6.61 Å². The molecule has 0 radical (unpaired) electrons. The number of nitrogens with two attached hydrogens (primary N) is 1. The second-order valence-corrected chi connectivity index (χ2v) is 4.17. The third-order valence-electron chi connectivity index (χ3n) is 2.21. The van der Waals surface area contributed by atoms with E-state index in [0.717, 1.165) is 11.5 Å². The Morgan fingerprint density at radius 1 is 1.39 bits per heavy atom. The number of ether oxygens (including phenoxy) is 2. The first-order valence-corrected chi connectivity index (χ1v) is 5.79. The summed E-state index contributed by atoms with van der Waals surface area (Å²) in [5.74, 6) is 1.09. The Kier molecular flexibility index (Phi) is 3.60. The van der Waals surface area contributed by atoms with Gasteiger partial charge in [-0.05, 0) is 12.1 Å². The molecule has 1 heterocycles. The van der Waals surface area contributed by atoms with Crippen LogP contribution in [-0.4, -0.2) is 16.7 Å². The predicted molar refractivity (Wildman–Crippen MR) is 66.4 cm³/mol. The van der Waals surface area contributed by atoms with E-state index in [4.69, 9.17) is 20.5 Å². The van der Waals surface area contributed by atoms with E-state index in [1.54, 1.807) is 18.2 Å². The van der Waals surface area contributed by atoms with Crippen molar-refractivity contribution in [3.8, 4) is 17.6 Å². The molecule has 0 fully saturated rings. The molecule has 0 aliphatic rings. The molecule has 18 heavy (non-hydrogen) atoms. The molecular formula is C11H10N4O2S. The molecule has 92 valence electrons. The first-order chi connectivity index (χ1) is 8.72. The van der Waals surface area contributed by atoms with Crippen molar-refractivity contribution >= 4 is 16.5 Å². The molecule has 0 bridgehead atoms. The highest BCUT2D eigenvalue weighted by atomic mass is 32.1. The van der Waals surface area contributed by atoms with Gasteiger partial charge in [-0.3, -0.25) is 0 Å². The van der Waals surface area contributed by atoms with Gasteiger partial charge >= 0.3 is 0 Å². The van der Waals surface area contributed by atoms with Crippen molar-refractivity contribution in [1.29, 1.82) is 5.26 Å². The summed E-state index contributed by atoms with van der Waals surface area (Å²) in [6.45, 7) is 0.209. The van der Waals surface area contributed by atoms with Crippen molar-refractivity contribution in [2.24, 2.45) is 0 Å². The monoisotopic (exact) mass is 262 g/mol. The average Bonchev–Trinajstić information content (AvgIpc) is 2.81. The number of nitrogen functional groups attached to an aromatic ring is 1. The number of anilines is 1. The normalized spacial score (nSPS) is 9.78. The summed E-state index contributed by atoms with van der Waals surface area (Å²) < 4.78 is 14.3. The molecule has 0 aliphatic heterocycles. The van der Waals surface area contributed by atoms with Crippen LogP contribution >= 0.6 is 11.5 Å². The zero-order valence-corrected chi connectivity index (χ0v) is 10.4. The van der Waals surface area contributed by atoms with Crippen LogP contribution in [0.5, 0.6) is 11.5 Å². The number of rotatable bonds is 4. The largest absolute Gasteiger partial charge is 0.497 e. The van der Waals surface area contributed by atoms with Crippen LogP contribution in [0.1, 0.15) is 11.3 Å². The second kappa shape index (κ2) is 5.33. The molecule has 2 N–H and O–H groups in total. The van der Waals surface area contributed by atoms with Gasteiger partial charge < -0.3 is 15.2 Å². The van der Waals surface area contributed by atoms with Crippen LogP contribution in [0.2, 0.25) is 0 Å². The Hall–Kier alpha value is -2.33. The van der Waals surface area contributed by atoms with Crippen LogP contribution in [0.15, 0.2) is 18.2 Å². The topological polar surface area (TPSA) is 94.0 Å². The van der Waals surface area contributed by atoms with Crippen molar-refractivity contribution in [3.63, 3.8) is 0 Å². The van der Waals surface area contributed by atoms with Crippen LogP contribution in [0.3, 0.4) is 0 Å². The van der Waals surface area contributed by atoms with Gasteiger partial charge in [0.25, 0.3) is 0 Å². The zero-order chi connectivity index (χ0) is 13.0. The third-order valence-corrected chi connectivity index (χ3v) is 2.80. The number of benzene rings is 1. The van der Waals surface area contributed by atoms with Crippen molar-refractivity contribution < 1.29 is 9.47 Å². The third kappa shape index (κ3) is 2.67. The summed E-state index contributed by atoms with van der Waals surface area (Å²) >= 11 is 1.11. The average molecular weight is 262 g/mol. The predicted octanol–water partition coefficient (Wildman–Crippen LogP) is 1.58. The van der Waals surface area contributed by atoms with Crippen LogP contribution in [0.25, 0.3) is 0 Å². The van der Waals surface area contributed by atoms with Crippen LogP contribution in [-0.2, 0) is 6.61 Å². The molecule has 0 aliphatic carbocycles. The molecule has 0 unspecified atom stereocenters. The van der Waals surface area contributed by atoms with E-state index in [0.29, 0.717) is 27.8 Å². The van der Waals surface area contributed by atoms with E-state index in [-0.39, 0.29) is 6.61 Å². The van der Waals surface area contributed by atoms with Gasteiger partial charge in [-0.1, -0.05) is 4.49 Å². The zero-order valence-electron chi connectivity index (χ0n) is 9.58. The molecule has 0 saturated carbocycles. The van der Waals surface area contributed by atoms with E-state index in [1.807, 2.05) is 6.07 Å². The van der Waals surface area contributed by atoms with Crippen LogP contribution in [0, 0.1) is 11.3 Å². The minimum absolute atomic E-state index is 0.209. The minimum Gasteiger partial charge on any atom is -0.497 e. The van der Waals surface area contributed by atoms with E-state index in [9.17, 15) is 0 Å². The van der Waals surface area contributed by atoms with E-state index < -0.39 is 0 Å². The maximum atomic E-state index is 8.88. The molecule has 6 nitrogen and oxygen atoms in total. The fraction of sp³-hybridized carbons (Fsp3) is 0.182. The van der Waals surface area contributed by atoms with Gasteiger partial charge in [0.2, 0.25) is 0 Å². The van der Waals surface area contributed by atoms with Gasteiger partial charge in [0.1, 0.15) is 28.8 Å². The number of hydrogen-bond donors (Lipinski definition) is 1. The number of methoxy groups -OCH3 is 1. The molecule has 0 amide bonds. The van der Waals surface area contributed by atoms with Gasteiger partial charge in [0.15, 0.2) is 0 Å². The molecule has 0 atom stereocenters. The Labute approximate surface area is 108 Å². The lowest BCUT2D eigenvalue weighted by Crippen LogP contribution is -1.99. The van der Waals surface area contributed by atoms with Gasteiger partial charge in [-0.15, -0.1) is 5.10 Å². The number of aromatic nitrogens is 2. The standard InChI is InChI=1S/C11H10N4O2S/c1-16-8-2-7(5-12)3-9(4-8)17-6-10-11(13)18-15-14-10/h2-4H,6,13H2,1H3. The highest BCUT2D eigenvalue weighted by Gasteiger charge is 2.07. The summed E-state index contributed by atoms with van der Waals surface area (Å²) in [4.78, 5) is 0.